The van der Waals surface area contributed by atoms with Gasteiger partial charge < -0.3 is 9.47 Å². The quantitative estimate of drug-likeness (QED) is 0.478. The van der Waals surface area contributed by atoms with Gasteiger partial charge >= 0.3 is 5.97 Å². The Morgan fingerprint density at radius 2 is 1.81 bits per heavy atom. The number of hydrogen-bond donors (Lipinski definition) is 0. The highest BCUT2D eigenvalue weighted by Gasteiger charge is 2.10. The van der Waals surface area contributed by atoms with E-state index >= 15 is 0 Å². The standard InChI is InChI=1S/C18H17FN4O3/c1-13-2-4-14(5-3-13)18-20-22-23(21-18)12-17(24)26-11-10-25-16-8-6-15(19)7-9-16/h2-9H,10-12H2,1H3. The summed E-state index contributed by atoms with van der Waals surface area (Å²) in [7, 11) is 0. The molecule has 7 nitrogen and oxygen atoms in total. The second kappa shape index (κ2) is 8.19. The van der Waals surface area contributed by atoms with Gasteiger partial charge in [-0.3, -0.25) is 0 Å². The minimum Gasteiger partial charge on any atom is -0.490 e. The fraction of sp³-hybridized carbons (Fsp3) is 0.222. The zero-order valence-corrected chi connectivity index (χ0v) is 14.1. The third-order valence-corrected chi connectivity index (χ3v) is 3.46. The number of aromatic nitrogens is 4. The number of nitrogens with zero attached hydrogens (tertiary/aromatic N) is 4. The molecule has 0 bridgehead atoms. The van der Waals surface area contributed by atoms with E-state index in [1.54, 1.807) is 0 Å². The summed E-state index contributed by atoms with van der Waals surface area (Å²) < 4.78 is 23.2. The van der Waals surface area contributed by atoms with Gasteiger partial charge in [0.1, 0.15) is 24.8 Å². The van der Waals surface area contributed by atoms with Crippen LogP contribution in [0.5, 0.6) is 5.75 Å². The molecule has 0 fully saturated rings. The molecule has 0 aliphatic rings. The number of halogens is 1. The Morgan fingerprint density at radius 3 is 2.54 bits per heavy atom. The summed E-state index contributed by atoms with van der Waals surface area (Å²) >= 11 is 0. The maximum absolute atomic E-state index is 12.8. The van der Waals surface area contributed by atoms with E-state index in [0.29, 0.717) is 11.6 Å². The van der Waals surface area contributed by atoms with E-state index < -0.39 is 5.97 Å². The molecule has 26 heavy (non-hydrogen) atoms. The molecule has 3 rings (SSSR count). The van der Waals surface area contributed by atoms with Crippen molar-refractivity contribution in [2.75, 3.05) is 13.2 Å². The molecule has 8 heteroatoms. The SMILES string of the molecule is Cc1ccc(-c2nnn(CC(=O)OCCOc3ccc(F)cc3)n2)cc1. The highest BCUT2D eigenvalue weighted by atomic mass is 19.1. The van der Waals surface area contributed by atoms with Gasteiger partial charge in [0.05, 0.1) is 0 Å². The van der Waals surface area contributed by atoms with Crippen LogP contribution in [0.15, 0.2) is 48.5 Å². The van der Waals surface area contributed by atoms with Crippen LogP contribution in [-0.4, -0.2) is 39.4 Å². The molecule has 0 N–H and O–H groups in total. The highest BCUT2D eigenvalue weighted by molar-refractivity contribution is 5.68. The minimum atomic E-state index is -0.499. The van der Waals surface area contributed by atoms with Gasteiger partial charge in [0, 0.05) is 5.56 Å². The maximum Gasteiger partial charge on any atom is 0.329 e. The predicted octanol–water partition coefficient (Wildman–Crippen LogP) is 2.41. The summed E-state index contributed by atoms with van der Waals surface area (Å²) in [6, 6.07) is 13.3. The third kappa shape index (κ3) is 4.85. The number of esters is 1. The molecule has 0 saturated heterocycles. The lowest BCUT2D eigenvalue weighted by atomic mass is 10.1. The molecule has 1 aromatic heterocycles. The number of aryl methyl sites for hydroxylation is 1. The van der Waals surface area contributed by atoms with E-state index in [1.165, 1.54) is 29.1 Å². The molecule has 2 aromatic carbocycles. The van der Waals surface area contributed by atoms with Crippen molar-refractivity contribution in [1.29, 1.82) is 0 Å². The van der Waals surface area contributed by atoms with Crippen molar-refractivity contribution >= 4 is 5.97 Å². The zero-order chi connectivity index (χ0) is 18.4. The molecule has 1 heterocycles. The van der Waals surface area contributed by atoms with Crippen molar-refractivity contribution in [3.63, 3.8) is 0 Å². The van der Waals surface area contributed by atoms with Crippen LogP contribution in [-0.2, 0) is 16.1 Å². The number of carbonyl (C=O) groups excluding carboxylic acids is 1. The average Bonchev–Trinajstić information content (AvgIpc) is 3.09. The first-order valence-electron chi connectivity index (χ1n) is 7.99. The molecular weight excluding hydrogens is 339 g/mol. The van der Waals surface area contributed by atoms with Crippen molar-refractivity contribution in [3.8, 4) is 17.1 Å². The van der Waals surface area contributed by atoms with E-state index in [0.717, 1.165) is 11.1 Å². The molecule has 0 aliphatic heterocycles. The lowest BCUT2D eigenvalue weighted by molar-refractivity contribution is -0.145. The first-order chi connectivity index (χ1) is 12.6. The fourth-order valence-corrected chi connectivity index (χ4v) is 2.14. The van der Waals surface area contributed by atoms with Crippen LogP contribution in [0.1, 0.15) is 5.56 Å². The Balaban J connectivity index is 1.43. The summed E-state index contributed by atoms with van der Waals surface area (Å²) in [5.74, 6) is 0.107. The first kappa shape index (κ1) is 17.5. The molecule has 0 spiro atoms. The van der Waals surface area contributed by atoms with E-state index in [4.69, 9.17) is 9.47 Å². The van der Waals surface area contributed by atoms with Gasteiger partial charge in [-0.15, -0.1) is 10.2 Å². The molecule has 0 saturated carbocycles. The van der Waals surface area contributed by atoms with Gasteiger partial charge in [-0.2, -0.15) is 4.80 Å². The second-order valence-electron chi connectivity index (χ2n) is 5.53. The second-order valence-corrected chi connectivity index (χ2v) is 5.53. The van der Waals surface area contributed by atoms with E-state index in [9.17, 15) is 9.18 Å². The predicted molar refractivity (Wildman–Crippen MR) is 90.8 cm³/mol. The summed E-state index contributed by atoms with van der Waals surface area (Å²) in [6.07, 6.45) is 0. The Labute approximate surface area is 149 Å². The van der Waals surface area contributed by atoms with E-state index in [2.05, 4.69) is 15.4 Å². The van der Waals surface area contributed by atoms with E-state index in [-0.39, 0.29) is 25.6 Å². The minimum absolute atomic E-state index is 0.0652. The Bertz CT molecular complexity index is 863. The zero-order valence-electron chi connectivity index (χ0n) is 14.1. The van der Waals surface area contributed by atoms with Gasteiger partial charge in [0.15, 0.2) is 6.54 Å². The third-order valence-electron chi connectivity index (χ3n) is 3.46. The van der Waals surface area contributed by atoms with Crippen LogP contribution in [0, 0.1) is 12.7 Å². The molecule has 0 atom stereocenters. The van der Waals surface area contributed by atoms with Crippen molar-refractivity contribution in [2.24, 2.45) is 0 Å². The van der Waals surface area contributed by atoms with E-state index in [1.807, 2.05) is 31.2 Å². The van der Waals surface area contributed by atoms with Gasteiger partial charge in [-0.05, 0) is 36.4 Å². The number of carbonyl (C=O) groups is 1. The summed E-state index contributed by atoms with van der Waals surface area (Å²) in [5.41, 5.74) is 1.95. The van der Waals surface area contributed by atoms with Crippen LogP contribution in [0.3, 0.4) is 0 Å². The molecule has 0 amide bonds. The summed E-state index contributed by atoms with van der Waals surface area (Å²) in [4.78, 5) is 13.0. The van der Waals surface area contributed by atoms with Crippen molar-refractivity contribution in [1.82, 2.24) is 20.2 Å². The smallest absolute Gasteiger partial charge is 0.329 e. The number of hydrogen-bond acceptors (Lipinski definition) is 6. The largest absolute Gasteiger partial charge is 0.490 e. The molecular formula is C18H17FN4O3. The lowest BCUT2D eigenvalue weighted by Gasteiger charge is -2.07. The van der Waals surface area contributed by atoms with Gasteiger partial charge in [0.2, 0.25) is 5.82 Å². The van der Waals surface area contributed by atoms with Crippen LogP contribution in [0.4, 0.5) is 4.39 Å². The fourth-order valence-electron chi connectivity index (χ4n) is 2.14. The van der Waals surface area contributed by atoms with Crippen molar-refractivity contribution in [2.45, 2.75) is 13.5 Å². The van der Waals surface area contributed by atoms with Crippen LogP contribution < -0.4 is 4.74 Å². The first-order valence-corrected chi connectivity index (χ1v) is 7.99. The monoisotopic (exact) mass is 356 g/mol. The van der Waals surface area contributed by atoms with Crippen LogP contribution >= 0.6 is 0 Å². The molecule has 3 aromatic rings. The Hall–Kier alpha value is -3.29. The number of benzene rings is 2. The van der Waals surface area contributed by atoms with Crippen LogP contribution in [0.25, 0.3) is 11.4 Å². The Morgan fingerprint density at radius 1 is 1.08 bits per heavy atom. The van der Waals surface area contributed by atoms with Crippen molar-refractivity contribution in [3.05, 3.63) is 59.9 Å². The molecule has 0 aliphatic carbocycles. The van der Waals surface area contributed by atoms with Gasteiger partial charge in [-0.25, -0.2) is 9.18 Å². The molecule has 0 radical (unpaired) electrons. The lowest BCUT2D eigenvalue weighted by Crippen LogP contribution is -2.18. The average molecular weight is 356 g/mol. The molecule has 0 unspecified atom stereocenters. The van der Waals surface area contributed by atoms with Gasteiger partial charge in [-0.1, -0.05) is 29.8 Å². The number of rotatable bonds is 7. The normalized spacial score (nSPS) is 10.5. The molecule has 134 valence electrons. The van der Waals surface area contributed by atoms with Crippen LogP contribution in [0.2, 0.25) is 0 Å². The number of ether oxygens (including phenoxy) is 2. The van der Waals surface area contributed by atoms with Gasteiger partial charge in [0.25, 0.3) is 0 Å². The topological polar surface area (TPSA) is 79.1 Å². The highest BCUT2D eigenvalue weighted by Crippen LogP contribution is 2.14. The summed E-state index contributed by atoms with van der Waals surface area (Å²) in [5, 5.41) is 11.9. The number of tetrazole rings is 1. The summed E-state index contributed by atoms with van der Waals surface area (Å²) in [6.45, 7) is 2.08. The Kier molecular flexibility index (Phi) is 5.52. The van der Waals surface area contributed by atoms with Crippen molar-refractivity contribution < 1.29 is 18.7 Å². The maximum atomic E-state index is 12.8.